The molecule has 2 rings (SSSR count). The maximum atomic E-state index is 11.3. The van der Waals surface area contributed by atoms with Crippen molar-refractivity contribution in [3.05, 3.63) is 0 Å². The van der Waals surface area contributed by atoms with Crippen LogP contribution in [-0.2, 0) is 14.3 Å². The zero-order valence-corrected chi connectivity index (χ0v) is 9.41. The number of carbonyl (C=O) groups excluding carboxylic acids is 2. The summed E-state index contributed by atoms with van der Waals surface area (Å²) >= 11 is 0. The fourth-order valence-electron chi connectivity index (χ4n) is 3.39. The Balaban J connectivity index is 2.20. The molecule has 1 saturated heterocycles. The molecule has 3 atom stereocenters. The van der Waals surface area contributed by atoms with E-state index < -0.39 is 0 Å². The SMILES string of the molecule is CC[C@@]12OC(=O)C[C@@H]1CC[C@H]2CC(C)=O. The monoisotopic (exact) mass is 210 g/mol. The molecule has 0 spiro atoms. The first kappa shape index (κ1) is 10.7. The third-order valence-electron chi connectivity index (χ3n) is 4.05. The molecule has 2 fully saturated rings. The van der Waals surface area contributed by atoms with Crippen molar-refractivity contribution >= 4 is 11.8 Å². The molecule has 84 valence electrons. The second kappa shape index (κ2) is 3.62. The Labute approximate surface area is 90.2 Å². The van der Waals surface area contributed by atoms with E-state index in [-0.39, 0.29) is 23.3 Å². The van der Waals surface area contributed by atoms with Gasteiger partial charge in [0, 0.05) is 18.3 Å². The third kappa shape index (κ3) is 1.58. The minimum Gasteiger partial charge on any atom is -0.458 e. The van der Waals surface area contributed by atoms with Crippen LogP contribution in [0.5, 0.6) is 0 Å². The number of fused-ring (bicyclic) bond motifs is 1. The van der Waals surface area contributed by atoms with Crippen LogP contribution in [0.1, 0.15) is 46.0 Å². The molecule has 0 N–H and O–H groups in total. The molecule has 1 aliphatic heterocycles. The quantitative estimate of drug-likeness (QED) is 0.670. The Hall–Kier alpha value is -0.860. The topological polar surface area (TPSA) is 43.4 Å². The third-order valence-corrected chi connectivity index (χ3v) is 4.05. The molecule has 0 aromatic heterocycles. The maximum absolute atomic E-state index is 11.3. The number of Topliss-reactive ketones (excluding diaryl/α,β-unsaturated/α-hetero) is 1. The molecule has 0 radical (unpaired) electrons. The molecule has 0 aromatic carbocycles. The highest BCUT2D eigenvalue weighted by molar-refractivity contribution is 5.77. The molecular weight excluding hydrogens is 192 g/mol. The minimum atomic E-state index is -0.303. The summed E-state index contributed by atoms with van der Waals surface area (Å²) in [6, 6.07) is 0. The van der Waals surface area contributed by atoms with Gasteiger partial charge in [-0.1, -0.05) is 6.92 Å². The molecule has 1 heterocycles. The van der Waals surface area contributed by atoms with Crippen LogP contribution in [0.25, 0.3) is 0 Å². The number of carbonyl (C=O) groups is 2. The summed E-state index contributed by atoms with van der Waals surface area (Å²) < 4.78 is 5.54. The van der Waals surface area contributed by atoms with Gasteiger partial charge in [-0.2, -0.15) is 0 Å². The maximum Gasteiger partial charge on any atom is 0.306 e. The van der Waals surface area contributed by atoms with E-state index in [2.05, 4.69) is 6.92 Å². The molecule has 3 nitrogen and oxygen atoms in total. The summed E-state index contributed by atoms with van der Waals surface area (Å²) in [4.78, 5) is 22.5. The van der Waals surface area contributed by atoms with Gasteiger partial charge in [-0.25, -0.2) is 0 Å². The van der Waals surface area contributed by atoms with Crippen molar-refractivity contribution in [2.75, 3.05) is 0 Å². The lowest BCUT2D eigenvalue weighted by molar-refractivity contribution is -0.154. The van der Waals surface area contributed by atoms with Crippen LogP contribution in [0.15, 0.2) is 0 Å². The predicted molar refractivity (Wildman–Crippen MR) is 55.2 cm³/mol. The number of rotatable bonds is 3. The van der Waals surface area contributed by atoms with Crippen molar-refractivity contribution in [3.8, 4) is 0 Å². The molecular formula is C12H18O3. The average Bonchev–Trinajstić information content (AvgIpc) is 2.62. The summed E-state index contributed by atoms with van der Waals surface area (Å²) in [7, 11) is 0. The summed E-state index contributed by atoms with van der Waals surface area (Å²) in [5, 5.41) is 0. The highest BCUT2D eigenvalue weighted by Gasteiger charge is 2.56. The lowest BCUT2D eigenvalue weighted by Gasteiger charge is -2.32. The summed E-state index contributed by atoms with van der Waals surface area (Å²) in [6.45, 7) is 3.68. The Kier molecular flexibility index (Phi) is 2.57. The molecule has 3 heteroatoms. The van der Waals surface area contributed by atoms with E-state index in [1.807, 2.05) is 0 Å². The van der Waals surface area contributed by atoms with Gasteiger partial charge in [0.25, 0.3) is 0 Å². The number of ketones is 1. The standard InChI is InChI=1S/C12H18O3/c1-3-12-9(6-8(2)13)4-5-10(12)7-11(14)15-12/h9-10H,3-7H2,1-2H3/t9-,10-,12-/m0/s1. The van der Waals surface area contributed by atoms with E-state index in [4.69, 9.17) is 4.74 Å². The zero-order valence-electron chi connectivity index (χ0n) is 9.41. The van der Waals surface area contributed by atoms with E-state index in [0.717, 1.165) is 19.3 Å². The first-order valence-electron chi connectivity index (χ1n) is 5.79. The van der Waals surface area contributed by atoms with Crippen LogP contribution in [0.2, 0.25) is 0 Å². The summed E-state index contributed by atoms with van der Waals surface area (Å²) in [5.41, 5.74) is -0.303. The van der Waals surface area contributed by atoms with Gasteiger partial charge in [0.05, 0.1) is 6.42 Å². The first-order valence-corrected chi connectivity index (χ1v) is 5.79. The van der Waals surface area contributed by atoms with E-state index in [1.165, 1.54) is 0 Å². The number of esters is 1. The van der Waals surface area contributed by atoms with Crippen LogP contribution in [0.4, 0.5) is 0 Å². The van der Waals surface area contributed by atoms with Gasteiger partial charge in [0.1, 0.15) is 11.4 Å². The van der Waals surface area contributed by atoms with Crippen LogP contribution in [-0.4, -0.2) is 17.4 Å². The summed E-state index contributed by atoms with van der Waals surface area (Å²) in [5.74, 6) is 0.752. The zero-order chi connectivity index (χ0) is 11.1. The highest BCUT2D eigenvalue weighted by atomic mass is 16.6. The molecule has 0 amide bonds. The fourth-order valence-corrected chi connectivity index (χ4v) is 3.39. The van der Waals surface area contributed by atoms with Gasteiger partial charge in [-0.3, -0.25) is 4.79 Å². The largest absolute Gasteiger partial charge is 0.458 e. The smallest absolute Gasteiger partial charge is 0.306 e. The van der Waals surface area contributed by atoms with E-state index >= 15 is 0 Å². The first-order chi connectivity index (χ1) is 7.08. The number of ether oxygens (including phenoxy) is 1. The predicted octanol–water partition coefficient (Wildman–Crippen LogP) is 2.09. The Morgan fingerprint density at radius 2 is 2.27 bits per heavy atom. The van der Waals surface area contributed by atoms with Gasteiger partial charge < -0.3 is 9.53 Å². The Morgan fingerprint density at radius 1 is 1.53 bits per heavy atom. The van der Waals surface area contributed by atoms with Crippen LogP contribution >= 0.6 is 0 Å². The van der Waals surface area contributed by atoms with Crippen LogP contribution < -0.4 is 0 Å². The fraction of sp³-hybridized carbons (Fsp3) is 0.833. The van der Waals surface area contributed by atoms with Crippen molar-refractivity contribution in [2.24, 2.45) is 11.8 Å². The van der Waals surface area contributed by atoms with Crippen molar-refractivity contribution in [1.82, 2.24) is 0 Å². The van der Waals surface area contributed by atoms with Crippen molar-refractivity contribution in [2.45, 2.75) is 51.6 Å². The van der Waals surface area contributed by atoms with Crippen LogP contribution in [0, 0.1) is 11.8 Å². The van der Waals surface area contributed by atoms with E-state index in [0.29, 0.717) is 18.8 Å². The van der Waals surface area contributed by atoms with Gasteiger partial charge in [-0.15, -0.1) is 0 Å². The van der Waals surface area contributed by atoms with Crippen molar-refractivity contribution in [3.63, 3.8) is 0 Å². The minimum absolute atomic E-state index is 0.0740. The normalized spacial score (nSPS) is 38.9. The molecule has 2 aliphatic rings. The van der Waals surface area contributed by atoms with Gasteiger partial charge in [-0.05, 0) is 26.2 Å². The highest BCUT2D eigenvalue weighted by Crippen LogP contribution is 2.52. The second-order valence-corrected chi connectivity index (χ2v) is 4.86. The Morgan fingerprint density at radius 3 is 2.87 bits per heavy atom. The summed E-state index contributed by atoms with van der Waals surface area (Å²) in [6.07, 6.45) is 4.05. The average molecular weight is 210 g/mol. The lowest BCUT2D eigenvalue weighted by Crippen LogP contribution is -2.38. The van der Waals surface area contributed by atoms with E-state index in [9.17, 15) is 9.59 Å². The molecule has 0 bridgehead atoms. The molecule has 0 aromatic rings. The molecule has 15 heavy (non-hydrogen) atoms. The van der Waals surface area contributed by atoms with Crippen molar-refractivity contribution in [1.29, 1.82) is 0 Å². The number of hydrogen-bond donors (Lipinski definition) is 0. The van der Waals surface area contributed by atoms with Gasteiger partial charge in [0.2, 0.25) is 0 Å². The second-order valence-electron chi connectivity index (χ2n) is 4.86. The van der Waals surface area contributed by atoms with E-state index in [1.54, 1.807) is 6.92 Å². The molecule has 1 saturated carbocycles. The van der Waals surface area contributed by atoms with Crippen LogP contribution in [0.3, 0.4) is 0 Å². The lowest BCUT2D eigenvalue weighted by atomic mass is 9.80. The van der Waals surface area contributed by atoms with Crippen molar-refractivity contribution < 1.29 is 14.3 Å². The van der Waals surface area contributed by atoms with Gasteiger partial charge in [0.15, 0.2) is 0 Å². The Bertz CT molecular complexity index is 297. The van der Waals surface area contributed by atoms with Gasteiger partial charge >= 0.3 is 5.97 Å². The molecule has 1 aliphatic carbocycles. The molecule has 0 unspecified atom stereocenters. The number of hydrogen-bond acceptors (Lipinski definition) is 3.